The first-order valence-corrected chi connectivity index (χ1v) is 8.16. The topological polar surface area (TPSA) is 76.7 Å². The third-order valence-electron chi connectivity index (χ3n) is 4.84. The first-order chi connectivity index (χ1) is 12.0. The summed E-state index contributed by atoms with van der Waals surface area (Å²) in [6, 6.07) is 13.4. The van der Waals surface area contributed by atoms with E-state index in [0.29, 0.717) is 16.8 Å². The summed E-state index contributed by atoms with van der Waals surface area (Å²) in [5.41, 5.74) is 6.42. The Balaban J connectivity index is 1.66. The van der Waals surface area contributed by atoms with Crippen molar-refractivity contribution in [1.82, 2.24) is 5.32 Å². The summed E-state index contributed by atoms with van der Waals surface area (Å²) in [7, 11) is 0. The number of halogens is 1. The van der Waals surface area contributed by atoms with Crippen LogP contribution in [0.4, 0.5) is 10.1 Å². The smallest absolute Gasteiger partial charge is 0.292 e. The molecule has 1 amide bonds. The zero-order chi connectivity index (χ0) is 17.6. The van der Waals surface area contributed by atoms with E-state index in [0.717, 1.165) is 6.42 Å². The summed E-state index contributed by atoms with van der Waals surface area (Å²) in [6.07, 6.45) is 0.688. The van der Waals surface area contributed by atoms with Crippen LogP contribution >= 0.6 is 0 Å². The van der Waals surface area contributed by atoms with Gasteiger partial charge in [-0.3, -0.25) is 10.1 Å². The maximum atomic E-state index is 14.4. The van der Waals surface area contributed by atoms with Gasteiger partial charge in [0.15, 0.2) is 0 Å². The number of amidine groups is 1. The van der Waals surface area contributed by atoms with Gasteiger partial charge in [-0.25, -0.2) is 9.38 Å². The van der Waals surface area contributed by atoms with E-state index in [-0.39, 0.29) is 29.8 Å². The van der Waals surface area contributed by atoms with Crippen LogP contribution in [0.5, 0.6) is 0 Å². The van der Waals surface area contributed by atoms with Gasteiger partial charge < -0.3 is 10.5 Å². The molecule has 1 saturated carbocycles. The molecule has 0 spiro atoms. The van der Waals surface area contributed by atoms with Gasteiger partial charge >= 0.3 is 0 Å². The minimum atomic E-state index is -0.818. The number of rotatable bonds is 2. The van der Waals surface area contributed by atoms with Crippen molar-refractivity contribution in [1.29, 1.82) is 0 Å². The zero-order valence-corrected chi connectivity index (χ0v) is 13.7. The van der Waals surface area contributed by atoms with Crippen molar-refractivity contribution in [2.24, 2.45) is 10.9 Å². The van der Waals surface area contributed by atoms with Crippen LogP contribution in [0, 0.1) is 11.7 Å². The SMILES string of the molecule is C[C@@]1(c2cc(N)ccc2F)N=C(NC(=O)c2ccccc2)O[C@@H]2C[C@@H]21. The van der Waals surface area contributed by atoms with Crippen molar-refractivity contribution >= 4 is 17.6 Å². The van der Waals surface area contributed by atoms with Gasteiger partial charge in [0.25, 0.3) is 11.9 Å². The predicted octanol–water partition coefficient (Wildman–Crippen LogP) is 2.83. The van der Waals surface area contributed by atoms with Crippen LogP contribution in [0.1, 0.15) is 29.3 Å². The van der Waals surface area contributed by atoms with Crippen LogP contribution in [0.3, 0.4) is 0 Å². The van der Waals surface area contributed by atoms with Gasteiger partial charge in [0.2, 0.25) is 0 Å². The highest BCUT2D eigenvalue weighted by Gasteiger charge is 2.57. The van der Waals surface area contributed by atoms with Crippen LogP contribution < -0.4 is 11.1 Å². The standard InChI is InChI=1S/C19H18FN3O2/c1-19(13-9-12(21)7-8-15(13)20)14-10-16(14)25-18(23-19)22-17(24)11-5-3-2-4-6-11/h2-9,14,16H,10,21H2,1H3,(H,22,23,24)/t14-,16+,19-/m0/s1. The zero-order valence-electron chi connectivity index (χ0n) is 13.7. The monoisotopic (exact) mass is 339 g/mol. The molecule has 0 radical (unpaired) electrons. The quantitative estimate of drug-likeness (QED) is 0.826. The fourth-order valence-electron chi connectivity index (χ4n) is 3.36. The number of benzene rings is 2. The van der Waals surface area contributed by atoms with Crippen molar-refractivity contribution in [3.63, 3.8) is 0 Å². The average Bonchev–Trinajstić information content (AvgIpc) is 3.38. The summed E-state index contributed by atoms with van der Waals surface area (Å²) < 4.78 is 20.1. The maximum Gasteiger partial charge on any atom is 0.292 e. The van der Waals surface area contributed by atoms with Crippen molar-refractivity contribution in [3.05, 3.63) is 65.5 Å². The minimum absolute atomic E-state index is 0.0705. The molecule has 6 heteroatoms. The lowest BCUT2D eigenvalue weighted by atomic mass is 9.86. The molecule has 128 valence electrons. The molecule has 1 aliphatic carbocycles. The van der Waals surface area contributed by atoms with E-state index in [1.54, 1.807) is 30.3 Å². The molecule has 1 aliphatic heterocycles. The second-order valence-corrected chi connectivity index (χ2v) is 6.62. The first-order valence-electron chi connectivity index (χ1n) is 8.16. The van der Waals surface area contributed by atoms with Gasteiger partial charge in [0, 0.05) is 22.7 Å². The Morgan fingerprint density at radius 2 is 2.08 bits per heavy atom. The van der Waals surface area contributed by atoms with Crippen molar-refractivity contribution in [3.8, 4) is 0 Å². The van der Waals surface area contributed by atoms with E-state index >= 15 is 0 Å². The molecular formula is C19H18FN3O2. The number of aliphatic imine (C=N–C) groups is 1. The Morgan fingerprint density at radius 1 is 1.32 bits per heavy atom. The highest BCUT2D eigenvalue weighted by Crippen LogP contribution is 2.53. The number of ether oxygens (including phenoxy) is 1. The van der Waals surface area contributed by atoms with Crippen LogP contribution in [0.2, 0.25) is 0 Å². The summed E-state index contributed by atoms with van der Waals surface area (Å²) in [6.45, 7) is 1.85. The van der Waals surface area contributed by atoms with Crippen molar-refractivity contribution < 1.29 is 13.9 Å². The number of carbonyl (C=O) groups excluding carboxylic acids is 1. The van der Waals surface area contributed by atoms with E-state index in [2.05, 4.69) is 10.3 Å². The lowest BCUT2D eigenvalue weighted by molar-refractivity contribution is 0.0956. The van der Waals surface area contributed by atoms with Gasteiger partial charge in [0.05, 0.1) is 5.54 Å². The Hall–Kier alpha value is -2.89. The molecule has 2 aromatic carbocycles. The molecule has 0 unspecified atom stereocenters. The fraction of sp³-hybridized carbons (Fsp3) is 0.263. The molecule has 0 bridgehead atoms. The Bertz CT molecular complexity index is 868. The summed E-state index contributed by atoms with van der Waals surface area (Å²) >= 11 is 0. The molecule has 25 heavy (non-hydrogen) atoms. The number of nitrogens with one attached hydrogen (secondary N) is 1. The van der Waals surface area contributed by atoms with Gasteiger partial charge in [-0.2, -0.15) is 0 Å². The van der Waals surface area contributed by atoms with Crippen molar-refractivity contribution in [2.45, 2.75) is 25.0 Å². The number of nitrogens with two attached hydrogens (primary N) is 1. The molecule has 2 aliphatic rings. The number of hydrogen-bond donors (Lipinski definition) is 2. The van der Waals surface area contributed by atoms with Crippen LogP contribution in [-0.4, -0.2) is 18.0 Å². The molecule has 0 aromatic heterocycles. The highest BCUT2D eigenvalue weighted by atomic mass is 19.1. The predicted molar refractivity (Wildman–Crippen MR) is 92.5 cm³/mol. The molecule has 2 aromatic rings. The van der Waals surface area contributed by atoms with E-state index < -0.39 is 5.54 Å². The van der Waals surface area contributed by atoms with E-state index in [4.69, 9.17) is 10.5 Å². The second-order valence-electron chi connectivity index (χ2n) is 6.62. The first kappa shape index (κ1) is 15.6. The maximum absolute atomic E-state index is 14.4. The molecule has 4 rings (SSSR count). The fourth-order valence-corrected chi connectivity index (χ4v) is 3.36. The number of carbonyl (C=O) groups is 1. The summed E-state index contributed by atoms with van der Waals surface area (Å²) in [4.78, 5) is 16.9. The second kappa shape index (κ2) is 5.58. The number of nitrogen functional groups attached to an aromatic ring is 1. The van der Waals surface area contributed by atoms with Gasteiger partial charge in [0.1, 0.15) is 11.9 Å². The molecule has 5 nitrogen and oxygen atoms in total. The minimum Gasteiger partial charge on any atom is -0.461 e. The van der Waals surface area contributed by atoms with Crippen LogP contribution in [0.25, 0.3) is 0 Å². The Labute approximate surface area is 144 Å². The molecule has 0 saturated heterocycles. The molecule has 3 atom stereocenters. The number of nitrogens with zero attached hydrogens (tertiary/aromatic N) is 1. The molecule has 1 fully saturated rings. The van der Waals surface area contributed by atoms with Crippen LogP contribution in [-0.2, 0) is 10.3 Å². The van der Waals surface area contributed by atoms with Gasteiger partial charge in [-0.15, -0.1) is 0 Å². The van der Waals surface area contributed by atoms with E-state index in [9.17, 15) is 9.18 Å². The van der Waals surface area contributed by atoms with Gasteiger partial charge in [-0.1, -0.05) is 18.2 Å². The molecule has 3 N–H and O–H groups in total. The highest BCUT2D eigenvalue weighted by molar-refractivity contribution is 6.04. The average molecular weight is 339 g/mol. The lowest BCUT2D eigenvalue weighted by Crippen LogP contribution is -2.41. The Kier molecular flexibility index (Phi) is 3.49. The van der Waals surface area contributed by atoms with Gasteiger partial charge in [-0.05, 0) is 43.7 Å². The summed E-state index contributed by atoms with van der Waals surface area (Å²) in [5.74, 6) is -0.600. The number of anilines is 1. The molecule has 1 heterocycles. The largest absolute Gasteiger partial charge is 0.461 e. The number of amides is 1. The third kappa shape index (κ3) is 2.73. The van der Waals surface area contributed by atoms with E-state index in [1.807, 2.05) is 13.0 Å². The van der Waals surface area contributed by atoms with E-state index in [1.165, 1.54) is 12.1 Å². The molecular weight excluding hydrogens is 321 g/mol. The number of fused-ring (bicyclic) bond motifs is 1. The summed E-state index contributed by atoms with van der Waals surface area (Å²) in [5, 5.41) is 2.69. The van der Waals surface area contributed by atoms with Crippen molar-refractivity contribution in [2.75, 3.05) is 5.73 Å². The Morgan fingerprint density at radius 3 is 2.84 bits per heavy atom. The normalized spacial score (nSPS) is 26.9. The number of hydrogen-bond acceptors (Lipinski definition) is 4. The lowest BCUT2D eigenvalue weighted by Gasteiger charge is -2.31. The van der Waals surface area contributed by atoms with Crippen LogP contribution in [0.15, 0.2) is 53.5 Å². The third-order valence-corrected chi connectivity index (χ3v) is 4.84.